The van der Waals surface area contributed by atoms with Gasteiger partial charge in [-0.2, -0.15) is 0 Å². The number of carbonyl (C=O) groups is 3. The van der Waals surface area contributed by atoms with E-state index in [0.29, 0.717) is 18.3 Å². The number of nitrogens with zero attached hydrogens (tertiary/aromatic N) is 1. The van der Waals surface area contributed by atoms with Gasteiger partial charge >= 0.3 is 0 Å². The van der Waals surface area contributed by atoms with Crippen molar-refractivity contribution in [1.82, 2.24) is 10.2 Å². The first-order chi connectivity index (χ1) is 14.1. The van der Waals surface area contributed by atoms with E-state index in [1.54, 1.807) is 0 Å². The van der Waals surface area contributed by atoms with Crippen LogP contribution >= 0.6 is 0 Å². The van der Waals surface area contributed by atoms with E-state index in [2.05, 4.69) is 5.32 Å². The summed E-state index contributed by atoms with van der Waals surface area (Å²) in [5, 5.41) is 3.18. The van der Waals surface area contributed by atoms with Gasteiger partial charge in [0.15, 0.2) is 0 Å². The van der Waals surface area contributed by atoms with Crippen LogP contribution in [0.3, 0.4) is 0 Å². The van der Waals surface area contributed by atoms with Gasteiger partial charge in [-0.3, -0.25) is 19.3 Å². The maximum absolute atomic E-state index is 13.3. The van der Waals surface area contributed by atoms with Crippen LogP contribution in [0, 0.1) is 23.7 Å². The molecule has 0 radical (unpaired) electrons. The van der Waals surface area contributed by atoms with Crippen molar-refractivity contribution in [3.05, 3.63) is 35.9 Å². The number of nitrogens with one attached hydrogen (secondary N) is 1. The molecule has 5 heteroatoms. The van der Waals surface area contributed by atoms with Gasteiger partial charge in [-0.15, -0.1) is 0 Å². The SMILES string of the molecule is O=C(NC1CCCCC1)[C@H](Cc1ccccc1)N1C(=O)[C@@H]2[C@@H]3CC[C@H](C3)[C@@H]2C1=O. The summed E-state index contributed by atoms with van der Waals surface area (Å²) in [4.78, 5) is 41.4. The highest BCUT2D eigenvalue weighted by Crippen LogP contribution is 2.56. The Balaban J connectivity index is 1.41. The molecule has 1 saturated heterocycles. The molecule has 0 spiro atoms. The van der Waals surface area contributed by atoms with Crippen LogP contribution in [0.2, 0.25) is 0 Å². The van der Waals surface area contributed by atoms with Crippen molar-refractivity contribution in [1.29, 1.82) is 0 Å². The first-order valence-corrected chi connectivity index (χ1v) is 11.3. The van der Waals surface area contributed by atoms with E-state index in [-0.39, 0.29) is 35.6 Å². The van der Waals surface area contributed by atoms with Gasteiger partial charge in [0.05, 0.1) is 11.8 Å². The highest BCUT2D eigenvalue weighted by atomic mass is 16.2. The van der Waals surface area contributed by atoms with E-state index in [1.165, 1.54) is 11.3 Å². The molecule has 4 aliphatic rings. The molecule has 29 heavy (non-hydrogen) atoms. The van der Waals surface area contributed by atoms with Crippen molar-refractivity contribution < 1.29 is 14.4 Å². The van der Waals surface area contributed by atoms with E-state index >= 15 is 0 Å². The molecule has 1 heterocycles. The molecule has 2 bridgehead atoms. The summed E-state index contributed by atoms with van der Waals surface area (Å²) in [7, 11) is 0. The van der Waals surface area contributed by atoms with E-state index in [9.17, 15) is 14.4 Å². The molecule has 1 aromatic carbocycles. The largest absolute Gasteiger partial charge is 0.352 e. The molecular weight excluding hydrogens is 364 g/mol. The molecule has 5 rings (SSSR count). The summed E-state index contributed by atoms with van der Waals surface area (Å²) in [5.41, 5.74) is 0.983. The van der Waals surface area contributed by atoms with Gasteiger partial charge in [-0.25, -0.2) is 0 Å². The lowest BCUT2D eigenvalue weighted by Gasteiger charge is -2.30. The number of fused-ring (bicyclic) bond motifs is 5. The van der Waals surface area contributed by atoms with Crippen molar-refractivity contribution in [2.75, 3.05) is 0 Å². The fourth-order valence-corrected chi connectivity index (χ4v) is 6.42. The Hall–Kier alpha value is -2.17. The molecule has 5 atom stereocenters. The average molecular weight is 395 g/mol. The molecule has 1 aliphatic heterocycles. The first kappa shape index (κ1) is 18.8. The summed E-state index contributed by atoms with van der Waals surface area (Å²) in [6, 6.07) is 9.19. The van der Waals surface area contributed by atoms with Crippen molar-refractivity contribution in [2.45, 2.75) is 69.9 Å². The zero-order valence-corrected chi connectivity index (χ0v) is 16.9. The zero-order valence-electron chi connectivity index (χ0n) is 16.9. The second-order valence-electron chi connectivity index (χ2n) is 9.48. The zero-order chi connectivity index (χ0) is 20.0. The molecule has 5 nitrogen and oxygen atoms in total. The van der Waals surface area contributed by atoms with Gasteiger partial charge in [0.1, 0.15) is 6.04 Å². The number of benzene rings is 1. The third kappa shape index (κ3) is 3.28. The number of imide groups is 1. The normalized spacial score (nSPS) is 32.5. The summed E-state index contributed by atoms with van der Waals surface area (Å²) >= 11 is 0. The molecule has 154 valence electrons. The van der Waals surface area contributed by atoms with Gasteiger partial charge in [0.25, 0.3) is 0 Å². The maximum atomic E-state index is 13.3. The standard InChI is InChI=1S/C24H30N2O3/c27-22(25-18-9-5-2-6-10-18)19(13-15-7-3-1-4-8-15)26-23(28)20-16-11-12-17(14-16)21(20)24(26)29/h1,3-4,7-8,16-21H,2,5-6,9-14H2,(H,25,27)/t16-,17-,19+,20-,21+/m1/s1. The second kappa shape index (κ2) is 7.58. The average Bonchev–Trinajstić information content (AvgIpc) is 3.42. The van der Waals surface area contributed by atoms with E-state index < -0.39 is 6.04 Å². The molecular formula is C24H30N2O3. The van der Waals surface area contributed by atoms with Crippen molar-refractivity contribution in [2.24, 2.45) is 23.7 Å². The molecule has 1 N–H and O–H groups in total. The summed E-state index contributed by atoms with van der Waals surface area (Å²) < 4.78 is 0. The van der Waals surface area contributed by atoms with Crippen LogP contribution in [0.15, 0.2) is 30.3 Å². The van der Waals surface area contributed by atoms with Crippen LogP contribution in [0.25, 0.3) is 0 Å². The van der Waals surface area contributed by atoms with Gasteiger partial charge in [-0.1, -0.05) is 49.6 Å². The number of amides is 3. The minimum Gasteiger partial charge on any atom is -0.352 e. The molecule has 3 amide bonds. The number of hydrogen-bond donors (Lipinski definition) is 1. The lowest BCUT2D eigenvalue weighted by molar-refractivity contribution is -0.149. The minimum atomic E-state index is -0.732. The third-order valence-corrected chi connectivity index (χ3v) is 7.80. The predicted octanol–water partition coefficient (Wildman–Crippen LogP) is 3.08. The monoisotopic (exact) mass is 394 g/mol. The third-order valence-electron chi connectivity index (χ3n) is 7.80. The molecule has 3 saturated carbocycles. The van der Waals surface area contributed by atoms with Crippen LogP contribution in [-0.2, 0) is 20.8 Å². The Morgan fingerprint density at radius 2 is 1.55 bits per heavy atom. The summed E-state index contributed by atoms with van der Waals surface area (Å²) in [5.74, 6) is -0.0203. The quantitative estimate of drug-likeness (QED) is 0.781. The van der Waals surface area contributed by atoms with Crippen LogP contribution in [0.1, 0.15) is 56.9 Å². The fraction of sp³-hybridized carbons (Fsp3) is 0.625. The lowest BCUT2D eigenvalue weighted by atomic mass is 9.81. The Labute approximate surface area is 172 Å². The van der Waals surface area contributed by atoms with E-state index in [4.69, 9.17) is 0 Å². The van der Waals surface area contributed by atoms with Crippen LogP contribution in [0.4, 0.5) is 0 Å². The highest BCUT2D eigenvalue weighted by Gasteiger charge is 2.62. The maximum Gasteiger partial charge on any atom is 0.243 e. The Morgan fingerprint density at radius 1 is 0.931 bits per heavy atom. The Morgan fingerprint density at radius 3 is 2.17 bits per heavy atom. The minimum absolute atomic E-state index is 0.0908. The van der Waals surface area contributed by atoms with Crippen molar-refractivity contribution in [3.63, 3.8) is 0 Å². The van der Waals surface area contributed by atoms with Gasteiger partial charge in [0.2, 0.25) is 17.7 Å². The predicted molar refractivity (Wildman–Crippen MR) is 109 cm³/mol. The molecule has 4 fully saturated rings. The van der Waals surface area contributed by atoms with Gasteiger partial charge < -0.3 is 5.32 Å². The smallest absolute Gasteiger partial charge is 0.243 e. The molecule has 0 unspecified atom stereocenters. The van der Waals surface area contributed by atoms with E-state index in [1.807, 2.05) is 30.3 Å². The first-order valence-electron chi connectivity index (χ1n) is 11.3. The number of carbonyl (C=O) groups excluding carboxylic acids is 3. The topological polar surface area (TPSA) is 66.5 Å². The van der Waals surface area contributed by atoms with Crippen molar-refractivity contribution in [3.8, 4) is 0 Å². The highest BCUT2D eigenvalue weighted by molar-refractivity contribution is 6.09. The number of likely N-dealkylation sites (tertiary alicyclic amines) is 1. The summed E-state index contributed by atoms with van der Waals surface area (Å²) in [6.07, 6.45) is 8.96. The van der Waals surface area contributed by atoms with Crippen LogP contribution < -0.4 is 5.32 Å². The fourth-order valence-electron chi connectivity index (χ4n) is 6.42. The second-order valence-corrected chi connectivity index (χ2v) is 9.48. The Kier molecular flexibility index (Phi) is 4.92. The molecule has 0 aromatic heterocycles. The Bertz CT molecular complexity index is 774. The molecule has 3 aliphatic carbocycles. The number of hydrogen-bond acceptors (Lipinski definition) is 3. The number of rotatable bonds is 5. The van der Waals surface area contributed by atoms with Crippen molar-refractivity contribution >= 4 is 17.7 Å². The van der Waals surface area contributed by atoms with Crippen LogP contribution in [0.5, 0.6) is 0 Å². The summed E-state index contributed by atoms with van der Waals surface area (Å²) in [6.45, 7) is 0. The molecule has 1 aromatic rings. The van der Waals surface area contributed by atoms with E-state index in [0.717, 1.165) is 50.5 Å². The van der Waals surface area contributed by atoms with Gasteiger partial charge in [0, 0.05) is 12.5 Å². The van der Waals surface area contributed by atoms with Crippen LogP contribution in [-0.4, -0.2) is 34.7 Å². The lowest BCUT2D eigenvalue weighted by Crippen LogP contribution is -2.53. The van der Waals surface area contributed by atoms with Gasteiger partial charge in [-0.05, 0) is 49.5 Å².